The van der Waals surface area contributed by atoms with Crippen LogP contribution >= 0.6 is 0 Å². The fourth-order valence-electron chi connectivity index (χ4n) is 2.58. The number of Topliss-reactive ketones (excluding diaryl/α,β-unsaturated/α-hetero) is 1. The Bertz CT molecular complexity index is 389. The van der Waals surface area contributed by atoms with Gasteiger partial charge in [-0.05, 0) is 25.3 Å². The minimum atomic E-state index is -0.578. The fourth-order valence-corrected chi connectivity index (χ4v) is 2.58. The number of benzene rings is 1. The van der Waals surface area contributed by atoms with Gasteiger partial charge in [-0.15, -0.1) is 0 Å². The third kappa shape index (κ3) is 2.33. The van der Waals surface area contributed by atoms with E-state index in [1.807, 2.05) is 24.3 Å². The van der Waals surface area contributed by atoms with Gasteiger partial charge in [0.15, 0.2) is 5.78 Å². The summed E-state index contributed by atoms with van der Waals surface area (Å²) in [7, 11) is 0. The van der Waals surface area contributed by atoms with Gasteiger partial charge in [0, 0.05) is 12.0 Å². The molecule has 0 amide bonds. The van der Waals surface area contributed by atoms with Crippen molar-refractivity contribution in [3.8, 4) is 0 Å². The molecule has 0 aromatic heterocycles. The molecule has 0 spiro atoms. The first-order valence-electron chi connectivity index (χ1n) is 5.92. The van der Waals surface area contributed by atoms with E-state index in [1.54, 1.807) is 6.92 Å². The maximum Gasteiger partial charge on any atom is 0.160 e. The van der Waals surface area contributed by atoms with E-state index in [-0.39, 0.29) is 5.78 Å². The van der Waals surface area contributed by atoms with Crippen LogP contribution in [-0.2, 0) is 6.42 Å². The van der Waals surface area contributed by atoms with E-state index in [9.17, 15) is 9.90 Å². The molecule has 0 atom stereocenters. The van der Waals surface area contributed by atoms with Gasteiger partial charge in [-0.25, -0.2) is 0 Å². The summed E-state index contributed by atoms with van der Waals surface area (Å²) in [5.74, 6) is 0.0807. The number of carbonyl (C=O) groups is 1. The first-order chi connectivity index (χ1) is 7.61. The van der Waals surface area contributed by atoms with Crippen LogP contribution in [0.25, 0.3) is 0 Å². The van der Waals surface area contributed by atoms with Crippen molar-refractivity contribution in [1.29, 1.82) is 0 Å². The molecule has 86 valence electrons. The van der Waals surface area contributed by atoms with Crippen molar-refractivity contribution < 1.29 is 9.90 Å². The molecule has 2 rings (SSSR count). The standard InChI is InChI=1S/C14H18O2/c1-11(15)13-7-3-2-6-12(13)10-14(16)8-4-5-9-14/h2-3,6-7,16H,4-5,8-10H2,1H3. The lowest BCUT2D eigenvalue weighted by atomic mass is 9.89. The monoisotopic (exact) mass is 218 g/mol. The predicted molar refractivity (Wildman–Crippen MR) is 63.6 cm³/mol. The number of ketones is 1. The van der Waals surface area contributed by atoms with Gasteiger partial charge in [0.2, 0.25) is 0 Å². The Morgan fingerprint density at radius 1 is 1.31 bits per heavy atom. The first kappa shape index (κ1) is 11.3. The lowest BCUT2D eigenvalue weighted by Gasteiger charge is -2.23. The molecular weight excluding hydrogens is 200 g/mol. The summed E-state index contributed by atoms with van der Waals surface area (Å²) in [5, 5.41) is 10.3. The van der Waals surface area contributed by atoms with Crippen LogP contribution in [0, 0.1) is 0 Å². The van der Waals surface area contributed by atoms with E-state index in [1.165, 1.54) is 0 Å². The maximum atomic E-state index is 11.5. The topological polar surface area (TPSA) is 37.3 Å². The Morgan fingerprint density at radius 2 is 1.94 bits per heavy atom. The molecule has 1 aromatic rings. The molecule has 1 fully saturated rings. The highest BCUT2D eigenvalue weighted by Crippen LogP contribution is 2.33. The van der Waals surface area contributed by atoms with Crippen LogP contribution in [0.1, 0.15) is 48.5 Å². The van der Waals surface area contributed by atoms with Crippen molar-refractivity contribution in [2.75, 3.05) is 0 Å². The van der Waals surface area contributed by atoms with E-state index in [4.69, 9.17) is 0 Å². The highest BCUT2D eigenvalue weighted by Gasteiger charge is 2.31. The molecule has 1 aliphatic carbocycles. The number of hydrogen-bond acceptors (Lipinski definition) is 2. The molecule has 0 saturated heterocycles. The Kier molecular flexibility index (Phi) is 3.10. The quantitative estimate of drug-likeness (QED) is 0.792. The minimum Gasteiger partial charge on any atom is -0.390 e. The SMILES string of the molecule is CC(=O)c1ccccc1CC1(O)CCCC1. The van der Waals surface area contributed by atoms with Gasteiger partial charge >= 0.3 is 0 Å². The summed E-state index contributed by atoms with van der Waals surface area (Å²) in [6, 6.07) is 7.60. The number of hydrogen-bond donors (Lipinski definition) is 1. The largest absolute Gasteiger partial charge is 0.390 e. The molecule has 0 bridgehead atoms. The van der Waals surface area contributed by atoms with Crippen molar-refractivity contribution in [3.05, 3.63) is 35.4 Å². The Balaban J connectivity index is 2.23. The summed E-state index contributed by atoms with van der Waals surface area (Å²) in [6.07, 6.45) is 4.53. The highest BCUT2D eigenvalue weighted by molar-refractivity contribution is 5.95. The minimum absolute atomic E-state index is 0.0807. The molecule has 1 aliphatic rings. The second-order valence-electron chi connectivity index (χ2n) is 4.82. The zero-order valence-corrected chi connectivity index (χ0v) is 9.70. The van der Waals surface area contributed by atoms with Crippen LogP contribution in [0.15, 0.2) is 24.3 Å². The highest BCUT2D eigenvalue weighted by atomic mass is 16.3. The molecule has 16 heavy (non-hydrogen) atoms. The summed E-state index contributed by atoms with van der Waals surface area (Å²) in [4.78, 5) is 11.5. The van der Waals surface area contributed by atoms with Crippen LogP contribution in [0.5, 0.6) is 0 Å². The lowest BCUT2D eigenvalue weighted by molar-refractivity contribution is 0.0480. The van der Waals surface area contributed by atoms with E-state index in [2.05, 4.69) is 0 Å². The average Bonchev–Trinajstić information content (AvgIpc) is 2.65. The fraction of sp³-hybridized carbons (Fsp3) is 0.500. The van der Waals surface area contributed by atoms with Gasteiger partial charge in [-0.1, -0.05) is 37.1 Å². The zero-order valence-electron chi connectivity index (χ0n) is 9.70. The van der Waals surface area contributed by atoms with Gasteiger partial charge in [0.1, 0.15) is 0 Å². The molecule has 1 aromatic carbocycles. The Morgan fingerprint density at radius 3 is 2.56 bits per heavy atom. The molecule has 1 saturated carbocycles. The lowest BCUT2D eigenvalue weighted by Crippen LogP contribution is -2.27. The van der Waals surface area contributed by atoms with Crippen LogP contribution in [-0.4, -0.2) is 16.5 Å². The molecule has 0 heterocycles. The molecular formula is C14H18O2. The molecule has 0 aliphatic heterocycles. The second-order valence-corrected chi connectivity index (χ2v) is 4.82. The van der Waals surface area contributed by atoms with Crippen LogP contribution in [0.3, 0.4) is 0 Å². The third-order valence-corrected chi connectivity index (χ3v) is 3.45. The molecule has 2 nitrogen and oxygen atoms in total. The van der Waals surface area contributed by atoms with Gasteiger partial charge < -0.3 is 5.11 Å². The van der Waals surface area contributed by atoms with E-state index >= 15 is 0 Å². The van der Waals surface area contributed by atoms with Gasteiger partial charge in [0.05, 0.1) is 5.60 Å². The number of rotatable bonds is 3. The van der Waals surface area contributed by atoms with Crippen LogP contribution < -0.4 is 0 Å². The molecule has 0 unspecified atom stereocenters. The normalized spacial score (nSPS) is 18.6. The zero-order chi connectivity index (χ0) is 11.6. The predicted octanol–water partition coefficient (Wildman–Crippen LogP) is 2.74. The van der Waals surface area contributed by atoms with Crippen LogP contribution in [0.4, 0.5) is 0 Å². The third-order valence-electron chi connectivity index (χ3n) is 3.45. The Hall–Kier alpha value is -1.15. The molecule has 2 heteroatoms. The van der Waals surface area contributed by atoms with Crippen molar-refractivity contribution in [3.63, 3.8) is 0 Å². The van der Waals surface area contributed by atoms with E-state index in [0.29, 0.717) is 6.42 Å². The summed E-state index contributed by atoms with van der Waals surface area (Å²) in [6.45, 7) is 1.58. The molecule has 1 N–H and O–H groups in total. The maximum absolute atomic E-state index is 11.5. The first-order valence-corrected chi connectivity index (χ1v) is 5.92. The summed E-state index contributed by atoms with van der Waals surface area (Å²) >= 11 is 0. The van der Waals surface area contributed by atoms with E-state index < -0.39 is 5.60 Å². The van der Waals surface area contributed by atoms with Crippen LogP contribution in [0.2, 0.25) is 0 Å². The van der Waals surface area contributed by atoms with Crippen molar-refractivity contribution in [2.45, 2.75) is 44.6 Å². The smallest absolute Gasteiger partial charge is 0.160 e. The van der Waals surface area contributed by atoms with Crippen molar-refractivity contribution in [1.82, 2.24) is 0 Å². The van der Waals surface area contributed by atoms with Gasteiger partial charge in [-0.2, -0.15) is 0 Å². The molecule has 0 radical (unpaired) electrons. The van der Waals surface area contributed by atoms with Crippen molar-refractivity contribution in [2.24, 2.45) is 0 Å². The van der Waals surface area contributed by atoms with Crippen molar-refractivity contribution >= 4 is 5.78 Å². The number of carbonyl (C=O) groups excluding carboxylic acids is 1. The number of aliphatic hydroxyl groups is 1. The summed E-state index contributed by atoms with van der Waals surface area (Å²) < 4.78 is 0. The summed E-state index contributed by atoms with van der Waals surface area (Å²) in [5.41, 5.74) is 1.16. The average molecular weight is 218 g/mol. The van der Waals surface area contributed by atoms with Gasteiger partial charge in [-0.3, -0.25) is 4.79 Å². The van der Waals surface area contributed by atoms with E-state index in [0.717, 1.165) is 36.8 Å². The van der Waals surface area contributed by atoms with Gasteiger partial charge in [0.25, 0.3) is 0 Å². The Labute approximate surface area is 96.3 Å². The second kappa shape index (κ2) is 4.38.